The normalized spacial score (nSPS) is 11.1. The molecule has 5 aromatic rings. The average molecular weight is 384 g/mol. The van der Waals surface area contributed by atoms with Crippen molar-refractivity contribution in [1.82, 2.24) is 20.3 Å². The zero-order valence-corrected chi connectivity index (χ0v) is 15.7. The van der Waals surface area contributed by atoms with Crippen LogP contribution in [0.3, 0.4) is 0 Å². The second-order valence-electron chi connectivity index (χ2n) is 6.45. The Hall–Kier alpha value is -3.51. The second kappa shape index (κ2) is 6.90. The predicted octanol–water partition coefficient (Wildman–Crippen LogP) is 4.77. The van der Waals surface area contributed by atoms with E-state index in [9.17, 15) is 4.79 Å². The number of hydrogen-bond donors (Lipinski definition) is 2. The lowest BCUT2D eigenvalue weighted by Gasteiger charge is -2.03. The molecule has 0 aliphatic rings. The molecule has 28 heavy (non-hydrogen) atoms. The number of para-hydroxylation sites is 2. The highest BCUT2D eigenvalue weighted by atomic mass is 32.1. The van der Waals surface area contributed by atoms with E-state index in [-0.39, 0.29) is 5.91 Å². The zero-order chi connectivity index (χ0) is 18.9. The Kier molecular flexibility index (Phi) is 4.10. The summed E-state index contributed by atoms with van der Waals surface area (Å²) in [6.07, 6.45) is 0. The molecule has 2 N–H and O–H groups in total. The SMILES string of the molecule is O=C(NCc1nc2ccccc2[nH]1)c1ccc2nc(-c3ccccc3)sc2c1. The number of aromatic nitrogens is 3. The number of fused-ring (bicyclic) bond motifs is 2. The molecule has 0 aliphatic carbocycles. The van der Waals surface area contributed by atoms with Crippen molar-refractivity contribution in [2.24, 2.45) is 0 Å². The van der Waals surface area contributed by atoms with E-state index in [1.807, 2.05) is 72.8 Å². The third kappa shape index (κ3) is 3.14. The van der Waals surface area contributed by atoms with Gasteiger partial charge in [-0.05, 0) is 30.3 Å². The molecule has 3 aromatic carbocycles. The van der Waals surface area contributed by atoms with Crippen molar-refractivity contribution >= 4 is 38.5 Å². The summed E-state index contributed by atoms with van der Waals surface area (Å²) < 4.78 is 0.996. The van der Waals surface area contributed by atoms with Crippen LogP contribution in [0.25, 0.3) is 31.8 Å². The molecular weight excluding hydrogens is 368 g/mol. The number of nitrogens with one attached hydrogen (secondary N) is 2. The molecule has 5 nitrogen and oxygen atoms in total. The van der Waals surface area contributed by atoms with Gasteiger partial charge in [0.1, 0.15) is 10.8 Å². The van der Waals surface area contributed by atoms with Crippen LogP contribution in [0.5, 0.6) is 0 Å². The zero-order valence-electron chi connectivity index (χ0n) is 14.8. The van der Waals surface area contributed by atoms with Crippen LogP contribution in [-0.2, 0) is 6.54 Å². The summed E-state index contributed by atoms with van der Waals surface area (Å²) in [7, 11) is 0. The van der Waals surface area contributed by atoms with Gasteiger partial charge in [-0.15, -0.1) is 11.3 Å². The monoisotopic (exact) mass is 384 g/mol. The fraction of sp³-hybridized carbons (Fsp3) is 0.0455. The molecule has 0 saturated heterocycles. The number of imidazole rings is 1. The first-order valence-electron chi connectivity index (χ1n) is 8.94. The van der Waals surface area contributed by atoms with Crippen molar-refractivity contribution in [3.8, 4) is 10.6 Å². The van der Waals surface area contributed by atoms with E-state index in [1.165, 1.54) is 0 Å². The van der Waals surface area contributed by atoms with Crippen molar-refractivity contribution in [3.63, 3.8) is 0 Å². The number of nitrogens with zero attached hydrogens (tertiary/aromatic N) is 2. The number of aromatic amines is 1. The second-order valence-corrected chi connectivity index (χ2v) is 7.48. The van der Waals surface area contributed by atoms with Crippen LogP contribution >= 0.6 is 11.3 Å². The topological polar surface area (TPSA) is 70.7 Å². The Balaban J connectivity index is 1.35. The van der Waals surface area contributed by atoms with Gasteiger partial charge in [-0.1, -0.05) is 42.5 Å². The van der Waals surface area contributed by atoms with E-state index in [2.05, 4.69) is 20.3 Å². The van der Waals surface area contributed by atoms with Crippen LogP contribution in [0.15, 0.2) is 72.8 Å². The van der Waals surface area contributed by atoms with Gasteiger partial charge in [0.05, 0.1) is 27.8 Å². The van der Waals surface area contributed by atoms with Gasteiger partial charge >= 0.3 is 0 Å². The molecular formula is C22H16N4OS. The van der Waals surface area contributed by atoms with Crippen LogP contribution in [0.1, 0.15) is 16.2 Å². The number of thiazole rings is 1. The third-order valence-electron chi connectivity index (χ3n) is 4.53. The highest BCUT2D eigenvalue weighted by Crippen LogP contribution is 2.30. The van der Waals surface area contributed by atoms with Gasteiger partial charge in [0.15, 0.2) is 0 Å². The van der Waals surface area contributed by atoms with Gasteiger partial charge in [0, 0.05) is 11.1 Å². The largest absolute Gasteiger partial charge is 0.345 e. The third-order valence-corrected chi connectivity index (χ3v) is 5.59. The van der Waals surface area contributed by atoms with Gasteiger partial charge in [-0.3, -0.25) is 4.79 Å². The molecule has 0 fully saturated rings. The molecule has 136 valence electrons. The minimum absolute atomic E-state index is 0.128. The summed E-state index contributed by atoms with van der Waals surface area (Å²) in [5.74, 6) is 0.608. The van der Waals surface area contributed by atoms with Crippen molar-refractivity contribution < 1.29 is 4.79 Å². The molecule has 0 saturated carbocycles. The van der Waals surface area contributed by atoms with E-state index in [1.54, 1.807) is 11.3 Å². The molecule has 0 atom stereocenters. The van der Waals surface area contributed by atoms with Crippen molar-refractivity contribution in [1.29, 1.82) is 0 Å². The Morgan fingerprint density at radius 3 is 2.61 bits per heavy atom. The van der Waals surface area contributed by atoms with Gasteiger partial charge < -0.3 is 10.3 Å². The number of rotatable bonds is 4. The summed E-state index contributed by atoms with van der Waals surface area (Å²) >= 11 is 1.59. The quantitative estimate of drug-likeness (QED) is 0.469. The van der Waals surface area contributed by atoms with Crippen molar-refractivity contribution in [2.45, 2.75) is 6.54 Å². The van der Waals surface area contributed by atoms with E-state index >= 15 is 0 Å². The first kappa shape index (κ1) is 16.6. The molecule has 2 heterocycles. The Morgan fingerprint density at radius 1 is 0.929 bits per heavy atom. The fourth-order valence-corrected chi connectivity index (χ4v) is 4.14. The number of benzene rings is 3. The van der Waals surface area contributed by atoms with Crippen LogP contribution < -0.4 is 5.32 Å². The number of carbonyl (C=O) groups excluding carboxylic acids is 1. The van der Waals surface area contributed by atoms with Crippen LogP contribution in [0, 0.1) is 0 Å². The molecule has 0 radical (unpaired) electrons. The number of carbonyl (C=O) groups is 1. The number of H-pyrrole nitrogens is 1. The van der Waals surface area contributed by atoms with Gasteiger partial charge in [0.2, 0.25) is 0 Å². The summed E-state index contributed by atoms with van der Waals surface area (Å²) in [5.41, 5.74) is 4.46. The molecule has 0 spiro atoms. The first-order chi connectivity index (χ1) is 13.8. The highest BCUT2D eigenvalue weighted by Gasteiger charge is 2.11. The Bertz CT molecular complexity index is 1260. The number of hydrogen-bond acceptors (Lipinski definition) is 4. The summed E-state index contributed by atoms with van der Waals surface area (Å²) in [4.78, 5) is 25.0. The van der Waals surface area contributed by atoms with Gasteiger partial charge in [-0.2, -0.15) is 0 Å². The predicted molar refractivity (Wildman–Crippen MR) is 112 cm³/mol. The minimum atomic E-state index is -0.128. The summed E-state index contributed by atoms with van der Waals surface area (Å²) in [6, 6.07) is 23.5. The van der Waals surface area contributed by atoms with Crippen LogP contribution in [0.2, 0.25) is 0 Å². The highest BCUT2D eigenvalue weighted by molar-refractivity contribution is 7.21. The number of amides is 1. The Labute approximate surface area is 165 Å². The average Bonchev–Trinajstić information content (AvgIpc) is 3.35. The van der Waals surface area contributed by atoms with Crippen LogP contribution in [0.4, 0.5) is 0 Å². The molecule has 6 heteroatoms. The summed E-state index contributed by atoms with van der Waals surface area (Å²) in [6.45, 7) is 0.351. The van der Waals surface area contributed by atoms with Crippen molar-refractivity contribution in [3.05, 3.63) is 84.2 Å². The summed E-state index contributed by atoms with van der Waals surface area (Å²) in [5, 5.41) is 3.89. The van der Waals surface area contributed by atoms with Crippen molar-refractivity contribution in [2.75, 3.05) is 0 Å². The maximum absolute atomic E-state index is 12.6. The molecule has 2 aromatic heterocycles. The van der Waals surface area contributed by atoms with E-state index in [0.717, 1.165) is 37.6 Å². The Morgan fingerprint density at radius 2 is 1.75 bits per heavy atom. The van der Waals surface area contributed by atoms with Crippen LogP contribution in [-0.4, -0.2) is 20.9 Å². The van der Waals surface area contributed by atoms with Gasteiger partial charge in [0.25, 0.3) is 5.91 Å². The van der Waals surface area contributed by atoms with Gasteiger partial charge in [-0.25, -0.2) is 9.97 Å². The molecule has 1 amide bonds. The van der Waals surface area contributed by atoms with E-state index in [0.29, 0.717) is 12.1 Å². The maximum atomic E-state index is 12.6. The fourth-order valence-electron chi connectivity index (χ4n) is 3.13. The smallest absolute Gasteiger partial charge is 0.251 e. The van der Waals surface area contributed by atoms with E-state index < -0.39 is 0 Å². The lowest BCUT2D eigenvalue weighted by atomic mass is 10.2. The minimum Gasteiger partial charge on any atom is -0.345 e. The standard InChI is InChI=1S/C22H16N4OS/c27-21(23-13-20-24-16-8-4-5-9-17(16)25-20)15-10-11-18-19(12-15)28-22(26-18)14-6-2-1-3-7-14/h1-12H,13H2,(H,23,27)(H,24,25). The maximum Gasteiger partial charge on any atom is 0.251 e. The molecule has 0 bridgehead atoms. The van der Waals surface area contributed by atoms with E-state index in [4.69, 9.17) is 0 Å². The molecule has 5 rings (SSSR count). The lowest BCUT2D eigenvalue weighted by molar-refractivity contribution is 0.0950. The molecule has 0 unspecified atom stereocenters. The first-order valence-corrected chi connectivity index (χ1v) is 9.76. The molecule has 0 aliphatic heterocycles. The lowest BCUT2D eigenvalue weighted by Crippen LogP contribution is -2.23.